The molecule has 0 spiro atoms. The Hall–Kier alpha value is -2.85. The fourth-order valence-electron chi connectivity index (χ4n) is 2.73. The van der Waals surface area contributed by atoms with Crippen LogP contribution in [0.2, 0.25) is 0 Å². The minimum Gasteiger partial charge on any atom is -0.497 e. The standard InChI is InChI=1S/C22H15FIN3O2S/c1-29-16-9-6-14(7-10-16)13-25-27(21(28)17-4-2-3-5-18(17)24)22-26-19-11-8-15(23)12-20(19)30-22/h2-13H,1H3/b25-13+. The Kier molecular flexibility index (Phi) is 6.05. The van der Waals surface area contributed by atoms with Crippen molar-refractivity contribution in [3.8, 4) is 5.75 Å². The number of fused-ring (bicyclic) bond motifs is 1. The summed E-state index contributed by atoms with van der Waals surface area (Å²) in [4.78, 5) is 17.8. The molecule has 150 valence electrons. The number of hydrazone groups is 1. The first kappa shape index (κ1) is 20.4. The number of nitrogens with zero attached hydrogens (tertiary/aromatic N) is 3. The molecule has 0 N–H and O–H groups in total. The first-order valence-electron chi connectivity index (χ1n) is 8.88. The number of carbonyl (C=O) groups excluding carboxylic acids is 1. The second-order valence-electron chi connectivity index (χ2n) is 6.22. The van der Waals surface area contributed by atoms with Crippen LogP contribution in [0.3, 0.4) is 0 Å². The van der Waals surface area contributed by atoms with Gasteiger partial charge in [-0.3, -0.25) is 4.79 Å². The van der Waals surface area contributed by atoms with Gasteiger partial charge < -0.3 is 4.74 Å². The lowest BCUT2D eigenvalue weighted by molar-refractivity contribution is 0.0987. The van der Waals surface area contributed by atoms with Gasteiger partial charge in [-0.05, 0) is 82.8 Å². The predicted octanol–water partition coefficient (Wildman–Crippen LogP) is 5.73. The van der Waals surface area contributed by atoms with Crippen LogP contribution in [0, 0.1) is 9.39 Å². The van der Waals surface area contributed by atoms with Gasteiger partial charge in [0, 0.05) is 3.57 Å². The molecule has 0 radical (unpaired) electrons. The smallest absolute Gasteiger partial charge is 0.281 e. The fraction of sp³-hybridized carbons (Fsp3) is 0.0455. The Morgan fingerprint density at radius 3 is 2.67 bits per heavy atom. The van der Waals surface area contributed by atoms with Crippen molar-refractivity contribution in [1.82, 2.24) is 4.98 Å². The minimum atomic E-state index is -0.352. The van der Waals surface area contributed by atoms with Gasteiger partial charge in [0.2, 0.25) is 5.13 Å². The van der Waals surface area contributed by atoms with Crippen molar-refractivity contribution in [3.63, 3.8) is 0 Å². The van der Waals surface area contributed by atoms with Crippen molar-refractivity contribution in [2.45, 2.75) is 0 Å². The Labute approximate surface area is 190 Å². The monoisotopic (exact) mass is 531 g/mol. The first-order valence-corrected chi connectivity index (χ1v) is 10.8. The summed E-state index contributed by atoms with van der Waals surface area (Å²) in [6.45, 7) is 0. The summed E-state index contributed by atoms with van der Waals surface area (Å²) >= 11 is 3.32. The molecular formula is C22H15FIN3O2S. The number of anilines is 1. The average Bonchev–Trinajstić information content (AvgIpc) is 3.17. The summed E-state index contributed by atoms with van der Waals surface area (Å²) in [5.74, 6) is 0.0614. The van der Waals surface area contributed by atoms with E-state index in [1.54, 1.807) is 31.5 Å². The van der Waals surface area contributed by atoms with Crippen molar-refractivity contribution in [2.75, 3.05) is 12.1 Å². The quantitative estimate of drug-likeness (QED) is 0.188. The van der Waals surface area contributed by atoms with Gasteiger partial charge in [0.25, 0.3) is 5.91 Å². The molecule has 3 aromatic carbocycles. The molecule has 4 aromatic rings. The lowest BCUT2D eigenvalue weighted by atomic mass is 10.2. The van der Waals surface area contributed by atoms with Crippen LogP contribution in [0.1, 0.15) is 15.9 Å². The number of thiazole rings is 1. The number of hydrogen-bond donors (Lipinski definition) is 0. The van der Waals surface area contributed by atoms with Gasteiger partial charge in [-0.1, -0.05) is 23.5 Å². The van der Waals surface area contributed by atoms with E-state index >= 15 is 0 Å². The number of benzene rings is 3. The largest absolute Gasteiger partial charge is 0.497 e. The van der Waals surface area contributed by atoms with Gasteiger partial charge in [0.15, 0.2) is 0 Å². The van der Waals surface area contributed by atoms with Crippen LogP contribution < -0.4 is 9.75 Å². The van der Waals surface area contributed by atoms with Gasteiger partial charge >= 0.3 is 0 Å². The Balaban J connectivity index is 1.75. The van der Waals surface area contributed by atoms with Crippen LogP contribution in [0.4, 0.5) is 9.52 Å². The molecule has 8 heteroatoms. The van der Waals surface area contributed by atoms with Crippen LogP contribution in [0.5, 0.6) is 5.75 Å². The van der Waals surface area contributed by atoms with Crippen molar-refractivity contribution < 1.29 is 13.9 Å². The molecule has 0 aliphatic rings. The highest BCUT2D eigenvalue weighted by molar-refractivity contribution is 14.1. The van der Waals surface area contributed by atoms with E-state index in [4.69, 9.17) is 4.74 Å². The van der Waals surface area contributed by atoms with E-state index in [1.807, 2.05) is 36.4 Å². The summed E-state index contributed by atoms with van der Waals surface area (Å²) in [5.41, 5.74) is 1.91. The molecule has 0 saturated heterocycles. The number of carbonyl (C=O) groups is 1. The highest BCUT2D eigenvalue weighted by atomic mass is 127. The van der Waals surface area contributed by atoms with E-state index in [0.29, 0.717) is 20.9 Å². The van der Waals surface area contributed by atoms with Crippen molar-refractivity contribution in [1.29, 1.82) is 0 Å². The normalized spacial score (nSPS) is 11.2. The lowest BCUT2D eigenvalue weighted by Crippen LogP contribution is -2.26. The molecule has 0 aliphatic heterocycles. The Bertz CT molecular complexity index is 1240. The highest BCUT2D eigenvalue weighted by Gasteiger charge is 2.22. The van der Waals surface area contributed by atoms with Crippen molar-refractivity contribution in [3.05, 3.63) is 87.2 Å². The molecule has 0 aliphatic carbocycles. The van der Waals surface area contributed by atoms with E-state index in [9.17, 15) is 9.18 Å². The minimum absolute atomic E-state index is 0.315. The zero-order valence-electron chi connectivity index (χ0n) is 15.8. The number of aromatic nitrogens is 1. The second kappa shape index (κ2) is 8.88. The Morgan fingerprint density at radius 1 is 1.17 bits per heavy atom. The maximum absolute atomic E-state index is 13.6. The molecule has 1 amide bonds. The summed E-state index contributed by atoms with van der Waals surface area (Å²) < 4.78 is 20.2. The van der Waals surface area contributed by atoms with Crippen LogP contribution >= 0.6 is 33.9 Å². The Morgan fingerprint density at radius 2 is 1.93 bits per heavy atom. The molecule has 1 aromatic heterocycles. The molecule has 0 atom stereocenters. The number of halogens is 2. The van der Waals surface area contributed by atoms with Crippen LogP contribution in [-0.4, -0.2) is 24.2 Å². The zero-order valence-corrected chi connectivity index (χ0v) is 18.7. The van der Waals surface area contributed by atoms with Gasteiger partial charge in [-0.2, -0.15) is 10.1 Å². The van der Waals surface area contributed by atoms with Gasteiger partial charge in [-0.15, -0.1) is 0 Å². The average molecular weight is 531 g/mol. The summed E-state index contributed by atoms with van der Waals surface area (Å²) in [6.07, 6.45) is 1.58. The van der Waals surface area contributed by atoms with E-state index in [0.717, 1.165) is 14.9 Å². The van der Waals surface area contributed by atoms with Crippen LogP contribution in [-0.2, 0) is 0 Å². The molecule has 0 saturated carbocycles. The third-order valence-electron chi connectivity index (χ3n) is 4.26. The number of ether oxygens (including phenoxy) is 1. The van der Waals surface area contributed by atoms with E-state index in [-0.39, 0.29) is 11.7 Å². The SMILES string of the molecule is COc1ccc(/C=N/N(C(=O)c2ccccc2I)c2nc3ccc(F)cc3s2)cc1. The van der Waals surface area contributed by atoms with Crippen molar-refractivity contribution in [2.24, 2.45) is 5.10 Å². The zero-order chi connectivity index (χ0) is 21.1. The van der Waals surface area contributed by atoms with Crippen LogP contribution in [0.25, 0.3) is 10.2 Å². The summed E-state index contributed by atoms with van der Waals surface area (Å²) in [6, 6.07) is 18.9. The number of rotatable bonds is 5. The summed E-state index contributed by atoms with van der Waals surface area (Å²) in [7, 11) is 1.60. The topological polar surface area (TPSA) is 54.8 Å². The molecule has 5 nitrogen and oxygen atoms in total. The molecule has 0 bridgehead atoms. The maximum Gasteiger partial charge on any atom is 0.281 e. The van der Waals surface area contributed by atoms with Gasteiger partial charge in [-0.25, -0.2) is 9.37 Å². The van der Waals surface area contributed by atoms with Crippen molar-refractivity contribution >= 4 is 61.4 Å². The molecule has 1 heterocycles. The lowest BCUT2D eigenvalue weighted by Gasteiger charge is -2.14. The third-order valence-corrected chi connectivity index (χ3v) is 6.19. The van der Waals surface area contributed by atoms with E-state index < -0.39 is 0 Å². The second-order valence-corrected chi connectivity index (χ2v) is 8.39. The number of hydrogen-bond acceptors (Lipinski definition) is 5. The number of methoxy groups -OCH3 is 1. The maximum atomic E-state index is 13.6. The molecule has 0 unspecified atom stereocenters. The van der Waals surface area contributed by atoms with Crippen LogP contribution in [0.15, 0.2) is 71.8 Å². The molecule has 4 rings (SSSR count). The fourth-order valence-corrected chi connectivity index (χ4v) is 4.29. The van der Waals surface area contributed by atoms with Gasteiger partial charge in [0.05, 0.1) is 29.1 Å². The molecular weight excluding hydrogens is 516 g/mol. The molecule has 30 heavy (non-hydrogen) atoms. The predicted molar refractivity (Wildman–Crippen MR) is 126 cm³/mol. The summed E-state index contributed by atoms with van der Waals surface area (Å²) in [5, 5.41) is 6.04. The van der Waals surface area contributed by atoms with Gasteiger partial charge in [0.1, 0.15) is 11.6 Å². The number of amides is 1. The highest BCUT2D eigenvalue weighted by Crippen LogP contribution is 2.31. The third kappa shape index (κ3) is 4.34. The first-order chi connectivity index (χ1) is 14.5. The molecule has 0 fully saturated rings. The van der Waals surface area contributed by atoms with E-state index in [2.05, 4.69) is 32.7 Å². The van der Waals surface area contributed by atoms with E-state index in [1.165, 1.54) is 28.5 Å².